The fourth-order valence-electron chi connectivity index (χ4n) is 2.97. The quantitative estimate of drug-likeness (QED) is 0.669. The summed E-state index contributed by atoms with van der Waals surface area (Å²) in [5.41, 5.74) is 5.08. The minimum atomic E-state index is -0.318. The molecule has 28 heavy (non-hydrogen) atoms. The predicted molar refractivity (Wildman–Crippen MR) is 111 cm³/mol. The number of nitrogens with zero attached hydrogens (tertiary/aromatic N) is 3. The zero-order chi connectivity index (χ0) is 20.1. The summed E-state index contributed by atoms with van der Waals surface area (Å²) >= 11 is 0. The fraction of sp³-hybridized carbons (Fsp3) is 0.333. The maximum absolute atomic E-state index is 11.7. The molecule has 3 aromatic rings. The van der Waals surface area contributed by atoms with E-state index in [1.54, 1.807) is 0 Å². The SMILES string of the molecule is CCCOc1c(C)cc(-c2ccc3ncc(NC(=O)NCC)nc3n2)cc1C. The van der Waals surface area contributed by atoms with Crippen LogP contribution in [-0.4, -0.2) is 34.1 Å². The molecule has 3 rings (SSSR count). The fourth-order valence-corrected chi connectivity index (χ4v) is 2.97. The summed E-state index contributed by atoms with van der Waals surface area (Å²) < 4.78 is 5.86. The molecule has 0 radical (unpaired) electrons. The molecular formula is C21H25N5O2. The van der Waals surface area contributed by atoms with Crippen LogP contribution >= 0.6 is 0 Å². The van der Waals surface area contributed by atoms with Crippen molar-refractivity contribution in [3.63, 3.8) is 0 Å². The first-order valence-electron chi connectivity index (χ1n) is 9.44. The smallest absolute Gasteiger partial charge is 0.320 e. The van der Waals surface area contributed by atoms with Gasteiger partial charge in [-0.3, -0.25) is 5.32 Å². The Labute approximate surface area is 164 Å². The van der Waals surface area contributed by atoms with Gasteiger partial charge in [0.2, 0.25) is 0 Å². The van der Waals surface area contributed by atoms with Crippen LogP contribution in [0.15, 0.2) is 30.5 Å². The number of benzene rings is 1. The van der Waals surface area contributed by atoms with E-state index in [0.717, 1.165) is 34.6 Å². The molecule has 2 heterocycles. The Balaban J connectivity index is 1.94. The Bertz CT molecular complexity index is 980. The number of pyridine rings is 1. The lowest BCUT2D eigenvalue weighted by Gasteiger charge is -2.13. The van der Waals surface area contributed by atoms with Crippen LogP contribution in [0.5, 0.6) is 5.75 Å². The van der Waals surface area contributed by atoms with Crippen molar-refractivity contribution in [2.24, 2.45) is 0 Å². The second-order valence-corrected chi connectivity index (χ2v) is 6.57. The molecule has 7 heteroatoms. The van der Waals surface area contributed by atoms with Crippen molar-refractivity contribution in [1.82, 2.24) is 20.3 Å². The van der Waals surface area contributed by atoms with Crippen molar-refractivity contribution in [3.05, 3.63) is 41.6 Å². The highest BCUT2D eigenvalue weighted by atomic mass is 16.5. The van der Waals surface area contributed by atoms with E-state index in [1.165, 1.54) is 6.20 Å². The number of rotatable bonds is 6. The van der Waals surface area contributed by atoms with Crippen molar-refractivity contribution >= 4 is 23.0 Å². The van der Waals surface area contributed by atoms with Crippen LogP contribution in [0.25, 0.3) is 22.4 Å². The number of fused-ring (bicyclic) bond motifs is 1. The summed E-state index contributed by atoms with van der Waals surface area (Å²) in [5.74, 6) is 1.29. The van der Waals surface area contributed by atoms with Crippen molar-refractivity contribution in [2.45, 2.75) is 34.1 Å². The van der Waals surface area contributed by atoms with Crippen molar-refractivity contribution < 1.29 is 9.53 Å². The van der Waals surface area contributed by atoms with Crippen LogP contribution in [0.2, 0.25) is 0 Å². The zero-order valence-corrected chi connectivity index (χ0v) is 16.7. The number of ether oxygens (including phenoxy) is 1. The summed E-state index contributed by atoms with van der Waals surface area (Å²) in [7, 11) is 0. The summed E-state index contributed by atoms with van der Waals surface area (Å²) in [6.07, 6.45) is 2.49. The van der Waals surface area contributed by atoms with Crippen LogP contribution in [0.3, 0.4) is 0 Å². The average Bonchev–Trinajstić information content (AvgIpc) is 2.67. The number of amides is 2. The Kier molecular flexibility index (Phi) is 6.03. The molecule has 1 aromatic carbocycles. The first kappa shape index (κ1) is 19.5. The molecule has 0 aliphatic rings. The maximum Gasteiger partial charge on any atom is 0.320 e. The Morgan fingerprint density at radius 3 is 2.54 bits per heavy atom. The third kappa shape index (κ3) is 4.36. The van der Waals surface area contributed by atoms with E-state index in [9.17, 15) is 4.79 Å². The van der Waals surface area contributed by atoms with Crippen LogP contribution < -0.4 is 15.4 Å². The molecule has 2 aromatic heterocycles. The van der Waals surface area contributed by atoms with E-state index in [4.69, 9.17) is 4.74 Å². The van der Waals surface area contributed by atoms with Gasteiger partial charge < -0.3 is 10.1 Å². The van der Waals surface area contributed by atoms with Gasteiger partial charge in [0, 0.05) is 12.1 Å². The van der Waals surface area contributed by atoms with E-state index in [1.807, 2.05) is 32.9 Å². The van der Waals surface area contributed by atoms with Crippen LogP contribution in [-0.2, 0) is 0 Å². The highest BCUT2D eigenvalue weighted by molar-refractivity contribution is 5.89. The number of aromatic nitrogens is 3. The van der Waals surface area contributed by atoms with E-state index in [2.05, 4.69) is 44.6 Å². The van der Waals surface area contributed by atoms with Gasteiger partial charge in [0.1, 0.15) is 11.3 Å². The topological polar surface area (TPSA) is 89.0 Å². The lowest BCUT2D eigenvalue weighted by Crippen LogP contribution is -2.28. The van der Waals surface area contributed by atoms with Crippen molar-refractivity contribution in [1.29, 1.82) is 0 Å². The predicted octanol–water partition coefficient (Wildman–Crippen LogP) is 4.24. The van der Waals surface area contributed by atoms with Gasteiger partial charge in [0.25, 0.3) is 0 Å². The van der Waals surface area contributed by atoms with Gasteiger partial charge in [0.05, 0.1) is 18.5 Å². The van der Waals surface area contributed by atoms with Gasteiger partial charge in [-0.05, 0) is 62.6 Å². The molecule has 0 aliphatic carbocycles. The molecule has 0 saturated heterocycles. The van der Waals surface area contributed by atoms with Gasteiger partial charge in [-0.15, -0.1) is 0 Å². The second kappa shape index (κ2) is 8.65. The largest absolute Gasteiger partial charge is 0.493 e. The maximum atomic E-state index is 11.7. The number of aryl methyl sites for hydroxylation is 2. The molecule has 0 fully saturated rings. The number of urea groups is 1. The summed E-state index contributed by atoms with van der Waals surface area (Å²) in [5, 5.41) is 5.32. The molecule has 2 amide bonds. The molecule has 146 valence electrons. The molecule has 0 bridgehead atoms. The summed E-state index contributed by atoms with van der Waals surface area (Å²) in [6, 6.07) is 7.62. The molecule has 0 atom stereocenters. The third-order valence-corrected chi connectivity index (χ3v) is 4.19. The van der Waals surface area contributed by atoms with Gasteiger partial charge >= 0.3 is 6.03 Å². The van der Waals surface area contributed by atoms with Crippen LogP contribution in [0.1, 0.15) is 31.4 Å². The zero-order valence-electron chi connectivity index (χ0n) is 16.7. The minimum absolute atomic E-state index is 0.318. The lowest BCUT2D eigenvalue weighted by molar-refractivity contribution is 0.252. The Morgan fingerprint density at radius 1 is 1.11 bits per heavy atom. The van der Waals surface area contributed by atoms with Gasteiger partial charge in [0.15, 0.2) is 11.5 Å². The molecule has 0 aliphatic heterocycles. The molecule has 7 nitrogen and oxygen atoms in total. The molecule has 0 spiro atoms. The lowest BCUT2D eigenvalue weighted by atomic mass is 10.0. The number of hydrogen-bond acceptors (Lipinski definition) is 5. The molecule has 0 unspecified atom stereocenters. The number of carbonyl (C=O) groups is 1. The highest BCUT2D eigenvalue weighted by Crippen LogP contribution is 2.30. The summed E-state index contributed by atoms with van der Waals surface area (Å²) in [4.78, 5) is 25.1. The third-order valence-electron chi connectivity index (χ3n) is 4.19. The Morgan fingerprint density at radius 2 is 1.86 bits per heavy atom. The van der Waals surface area contributed by atoms with Crippen LogP contribution in [0.4, 0.5) is 10.6 Å². The monoisotopic (exact) mass is 379 g/mol. The number of anilines is 1. The first-order valence-corrected chi connectivity index (χ1v) is 9.44. The minimum Gasteiger partial charge on any atom is -0.493 e. The van der Waals surface area contributed by atoms with E-state index in [-0.39, 0.29) is 6.03 Å². The number of carbonyl (C=O) groups excluding carboxylic acids is 1. The van der Waals surface area contributed by atoms with E-state index >= 15 is 0 Å². The van der Waals surface area contributed by atoms with Gasteiger partial charge in [-0.2, -0.15) is 0 Å². The highest BCUT2D eigenvalue weighted by Gasteiger charge is 2.11. The molecule has 0 saturated carbocycles. The van der Waals surface area contributed by atoms with E-state index < -0.39 is 0 Å². The van der Waals surface area contributed by atoms with Gasteiger partial charge in [-0.1, -0.05) is 6.92 Å². The summed E-state index contributed by atoms with van der Waals surface area (Å²) in [6.45, 7) is 9.25. The molecular weight excluding hydrogens is 354 g/mol. The van der Waals surface area contributed by atoms with E-state index in [0.29, 0.717) is 30.1 Å². The van der Waals surface area contributed by atoms with Crippen molar-refractivity contribution in [3.8, 4) is 17.0 Å². The average molecular weight is 379 g/mol. The standard InChI is InChI=1S/C21H25N5O2/c1-5-9-28-19-13(3)10-15(11-14(19)4)16-7-8-17-20(24-16)25-18(12-23-17)26-21(27)22-6-2/h7-8,10-12H,5-6,9H2,1-4H3,(H2,22,24,25,26,27). The normalized spacial score (nSPS) is 10.7. The second-order valence-electron chi connectivity index (χ2n) is 6.57. The number of hydrogen-bond donors (Lipinski definition) is 2. The number of nitrogens with one attached hydrogen (secondary N) is 2. The van der Waals surface area contributed by atoms with Crippen molar-refractivity contribution in [2.75, 3.05) is 18.5 Å². The van der Waals surface area contributed by atoms with Crippen LogP contribution in [0, 0.1) is 13.8 Å². The molecule has 2 N–H and O–H groups in total. The first-order chi connectivity index (χ1) is 13.5. The Hall–Kier alpha value is -3.22. The van der Waals surface area contributed by atoms with Gasteiger partial charge in [-0.25, -0.2) is 19.7 Å².